The number of hydrazone groups is 1. The van der Waals surface area contributed by atoms with Crippen molar-refractivity contribution in [3.8, 4) is 0 Å². The fourth-order valence-electron chi connectivity index (χ4n) is 5.63. The van der Waals surface area contributed by atoms with Crippen LogP contribution in [0.4, 0.5) is 4.39 Å². The molecule has 1 aliphatic heterocycles. The summed E-state index contributed by atoms with van der Waals surface area (Å²) in [5, 5.41) is 6.46. The molecular weight excluding hydrogens is 445 g/mol. The van der Waals surface area contributed by atoms with Crippen molar-refractivity contribution in [3.05, 3.63) is 30.1 Å². The molecule has 0 aromatic heterocycles. The third kappa shape index (κ3) is 5.63. The van der Waals surface area contributed by atoms with Gasteiger partial charge in [-0.15, -0.1) is 0 Å². The maximum Gasteiger partial charge on any atom is 0.240 e. The van der Waals surface area contributed by atoms with Crippen molar-refractivity contribution < 1.29 is 22.3 Å². The van der Waals surface area contributed by atoms with E-state index in [1.165, 1.54) is 12.1 Å². The van der Waals surface area contributed by atoms with Gasteiger partial charge in [-0.1, -0.05) is 0 Å². The number of rotatable bonds is 6. The van der Waals surface area contributed by atoms with Gasteiger partial charge >= 0.3 is 0 Å². The molecule has 0 bridgehead atoms. The van der Waals surface area contributed by atoms with Crippen LogP contribution in [0.5, 0.6) is 0 Å². The quantitative estimate of drug-likeness (QED) is 0.671. The number of ether oxygens (including phenoxy) is 1. The lowest BCUT2D eigenvalue weighted by Crippen LogP contribution is -2.40. The number of sulfonamides is 1. The summed E-state index contributed by atoms with van der Waals surface area (Å²) >= 11 is 0. The van der Waals surface area contributed by atoms with Crippen molar-refractivity contribution in [1.82, 2.24) is 9.73 Å². The Hall–Kier alpha value is -1.84. The number of nitrogens with one attached hydrogen (secondary N) is 1. The molecule has 1 amide bonds. The standard InChI is InChI=1S/C24H34FN3O4S/c1-16(29)28-24(18-5-11-21(32-2)12-6-18)15-23(26-28)17-3-9-20(10-4-17)27-33(30,31)22-13-7-19(25)8-14-22/h7-8,13-14,17-18,20-21,24,27H,3-6,9-12,15H2,1-2H3. The summed E-state index contributed by atoms with van der Waals surface area (Å²) in [5.74, 6) is 0.250. The Labute approximate surface area is 195 Å². The van der Waals surface area contributed by atoms with Crippen LogP contribution in [0.25, 0.3) is 0 Å². The van der Waals surface area contributed by atoms with Gasteiger partial charge in [-0.25, -0.2) is 22.5 Å². The molecule has 2 aliphatic carbocycles. The van der Waals surface area contributed by atoms with Gasteiger partial charge < -0.3 is 4.74 Å². The van der Waals surface area contributed by atoms with Crippen LogP contribution in [0.1, 0.15) is 64.7 Å². The van der Waals surface area contributed by atoms with Crippen LogP contribution in [-0.4, -0.2) is 50.3 Å². The van der Waals surface area contributed by atoms with Crippen LogP contribution >= 0.6 is 0 Å². The van der Waals surface area contributed by atoms with Crippen LogP contribution in [0.2, 0.25) is 0 Å². The normalized spacial score (nSPS) is 30.8. The predicted molar refractivity (Wildman–Crippen MR) is 124 cm³/mol. The Kier molecular flexibility index (Phi) is 7.50. The van der Waals surface area contributed by atoms with Crippen molar-refractivity contribution in [2.75, 3.05) is 7.11 Å². The molecule has 1 atom stereocenters. The third-order valence-electron chi connectivity index (χ3n) is 7.53. The van der Waals surface area contributed by atoms with Crippen LogP contribution in [0.15, 0.2) is 34.3 Å². The predicted octanol–water partition coefficient (Wildman–Crippen LogP) is 3.84. The van der Waals surface area contributed by atoms with Crippen LogP contribution in [0, 0.1) is 17.7 Å². The Morgan fingerprint density at radius 2 is 1.70 bits per heavy atom. The summed E-state index contributed by atoms with van der Waals surface area (Å²) in [4.78, 5) is 12.4. The average Bonchev–Trinajstić information content (AvgIpc) is 3.25. The molecule has 0 spiro atoms. The molecule has 1 unspecified atom stereocenters. The number of hydrogen-bond acceptors (Lipinski definition) is 5. The number of carbonyl (C=O) groups excluding carboxylic acids is 1. The van der Waals surface area contributed by atoms with Gasteiger partial charge in [-0.05, 0) is 87.5 Å². The second-order valence-corrected chi connectivity index (χ2v) is 11.3. The summed E-state index contributed by atoms with van der Waals surface area (Å²) in [6.07, 6.45) is 8.40. The largest absolute Gasteiger partial charge is 0.381 e. The first-order valence-corrected chi connectivity index (χ1v) is 13.4. The topological polar surface area (TPSA) is 88.1 Å². The van der Waals surface area contributed by atoms with Gasteiger partial charge in [0.25, 0.3) is 0 Å². The summed E-state index contributed by atoms with van der Waals surface area (Å²) in [6.45, 7) is 1.58. The molecule has 2 fully saturated rings. The first kappa shape index (κ1) is 24.3. The van der Waals surface area contributed by atoms with Crippen LogP contribution in [-0.2, 0) is 19.6 Å². The fraction of sp³-hybridized carbons (Fsp3) is 0.667. The molecular formula is C24H34FN3O4S. The Bertz CT molecular complexity index is 966. The van der Waals surface area contributed by atoms with E-state index in [0.717, 1.165) is 62.8 Å². The molecule has 0 radical (unpaired) electrons. The minimum absolute atomic E-state index is 0.00962. The summed E-state index contributed by atoms with van der Waals surface area (Å²) in [6, 6.07) is 4.86. The molecule has 1 heterocycles. The third-order valence-corrected chi connectivity index (χ3v) is 9.07. The second kappa shape index (κ2) is 10.2. The molecule has 1 N–H and O–H groups in total. The number of nitrogens with zero attached hydrogens (tertiary/aromatic N) is 2. The zero-order valence-corrected chi connectivity index (χ0v) is 20.2. The monoisotopic (exact) mass is 479 g/mol. The van der Waals surface area contributed by atoms with Gasteiger partial charge in [0, 0.05) is 32.2 Å². The number of hydrogen-bond donors (Lipinski definition) is 1. The van der Waals surface area contributed by atoms with Crippen LogP contribution < -0.4 is 4.72 Å². The van der Waals surface area contributed by atoms with Gasteiger partial charge in [0.05, 0.1) is 17.0 Å². The summed E-state index contributed by atoms with van der Waals surface area (Å²) in [7, 11) is -1.91. The van der Waals surface area contributed by atoms with E-state index < -0.39 is 15.8 Å². The smallest absolute Gasteiger partial charge is 0.240 e. The number of halogens is 1. The van der Waals surface area contributed by atoms with Crippen molar-refractivity contribution in [2.24, 2.45) is 16.9 Å². The molecule has 182 valence electrons. The first-order chi connectivity index (χ1) is 15.8. The highest BCUT2D eigenvalue weighted by Crippen LogP contribution is 2.38. The van der Waals surface area contributed by atoms with Crippen LogP contribution in [0.3, 0.4) is 0 Å². The lowest BCUT2D eigenvalue weighted by atomic mass is 9.77. The molecule has 0 saturated heterocycles. The zero-order chi connectivity index (χ0) is 23.6. The Morgan fingerprint density at radius 1 is 1.06 bits per heavy atom. The number of amides is 1. The number of carbonyl (C=O) groups is 1. The molecule has 7 nitrogen and oxygen atoms in total. The lowest BCUT2D eigenvalue weighted by molar-refractivity contribution is -0.131. The summed E-state index contributed by atoms with van der Waals surface area (Å²) in [5.41, 5.74) is 1.09. The van der Waals surface area contributed by atoms with Crippen molar-refractivity contribution in [1.29, 1.82) is 0 Å². The minimum Gasteiger partial charge on any atom is -0.381 e. The highest BCUT2D eigenvalue weighted by molar-refractivity contribution is 7.89. The van der Waals surface area contributed by atoms with Crippen molar-refractivity contribution in [2.45, 2.75) is 87.8 Å². The highest BCUT2D eigenvalue weighted by atomic mass is 32.2. The van der Waals surface area contributed by atoms with Gasteiger partial charge in [0.15, 0.2) is 0 Å². The van der Waals surface area contributed by atoms with E-state index in [9.17, 15) is 17.6 Å². The van der Waals surface area contributed by atoms with E-state index in [1.54, 1.807) is 19.0 Å². The van der Waals surface area contributed by atoms with Gasteiger partial charge in [0.1, 0.15) is 5.82 Å². The maximum atomic E-state index is 13.1. The molecule has 2 saturated carbocycles. The summed E-state index contributed by atoms with van der Waals surface area (Å²) < 4.78 is 46.6. The van der Waals surface area contributed by atoms with Gasteiger partial charge in [-0.2, -0.15) is 5.10 Å². The highest BCUT2D eigenvalue weighted by Gasteiger charge is 2.40. The number of benzene rings is 1. The molecule has 1 aromatic carbocycles. The van der Waals surface area contributed by atoms with Gasteiger partial charge in [0.2, 0.25) is 15.9 Å². The fourth-order valence-corrected chi connectivity index (χ4v) is 6.93. The minimum atomic E-state index is -3.67. The van der Waals surface area contributed by atoms with E-state index in [1.807, 2.05) is 0 Å². The molecule has 3 aliphatic rings. The van der Waals surface area contributed by atoms with Gasteiger partial charge in [-0.3, -0.25) is 4.79 Å². The average molecular weight is 480 g/mol. The molecule has 4 rings (SSSR count). The zero-order valence-electron chi connectivity index (χ0n) is 19.4. The lowest BCUT2D eigenvalue weighted by Gasteiger charge is -2.34. The van der Waals surface area contributed by atoms with E-state index in [-0.39, 0.29) is 28.8 Å². The molecule has 33 heavy (non-hydrogen) atoms. The maximum absolute atomic E-state index is 13.1. The van der Waals surface area contributed by atoms with Crippen molar-refractivity contribution in [3.63, 3.8) is 0 Å². The van der Waals surface area contributed by atoms with Crippen molar-refractivity contribution >= 4 is 21.6 Å². The van der Waals surface area contributed by atoms with E-state index in [0.29, 0.717) is 24.9 Å². The number of methoxy groups -OCH3 is 1. The van der Waals surface area contributed by atoms with E-state index in [4.69, 9.17) is 9.84 Å². The SMILES string of the molecule is COC1CCC(C2CC(C3CCC(NS(=O)(=O)c4ccc(F)cc4)CC3)=NN2C(C)=O)CC1. The second-order valence-electron chi connectivity index (χ2n) is 9.62. The first-order valence-electron chi connectivity index (χ1n) is 11.9. The van der Waals surface area contributed by atoms with E-state index >= 15 is 0 Å². The Morgan fingerprint density at radius 3 is 2.27 bits per heavy atom. The Balaban J connectivity index is 1.34. The van der Waals surface area contributed by atoms with E-state index in [2.05, 4.69) is 4.72 Å². The molecule has 1 aromatic rings. The molecule has 9 heteroatoms.